The second-order valence-corrected chi connectivity index (χ2v) is 4.94. The Morgan fingerprint density at radius 3 is 2.09 bits per heavy atom. The van der Waals surface area contributed by atoms with Gasteiger partial charge in [-0.1, -0.05) is 42.5 Å². The largest absolute Gasteiger partial charge is 0.457 e. The average molecular weight is 294 g/mol. The van der Waals surface area contributed by atoms with Crippen molar-refractivity contribution in [3.8, 4) is 11.5 Å². The molecule has 0 saturated heterocycles. The summed E-state index contributed by atoms with van der Waals surface area (Å²) in [5, 5.41) is 10.3. The van der Waals surface area contributed by atoms with Crippen LogP contribution in [0.15, 0.2) is 78.9 Å². The van der Waals surface area contributed by atoms with Gasteiger partial charge in [0.25, 0.3) is 0 Å². The molecular weight excluding hydrogens is 279 g/mol. The fourth-order valence-corrected chi connectivity index (χ4v) is 2.21. The zero-order valence-electron chi connectivity index (χ0n) is 11.8. The Kier molecular flexibility index (Phi) is 4.17. The maximum absolute atomic E-state index is 13.2. The van der Waals surface area contributed by atoms with Gasteiger partial charge in [-0.15, -0.1) is 0 Å². The lowest BCUT2D eigenvalue weighted by atomic mass is 10.0. The second kappa shape index (κ2) is 6.41. The van der Waals surface area contributed by atoms with E-state index in [4.69, 9.17) is 4.74 Å². The molecule has 0 aliphatic rings. The van der Waals surface area contributed by atoms with Crippen LogP contribution in [0.5, 0.6) is 11.5 Å². The smallest absolute Gasteiger partial charge is 0.127 e. The number of ether oxygens (including phenoxy) is 1. The van der Waals surface area contributed by atoms with Gasteiger partial charge in [0.2, 0.25) is 0 Å². The normalized spacial score (nSPS) is 11.9. The summed E-state index contributed by atoms with van der Waals surface area (Å²) < 4.78 is 18.9. The van der Waals surface area contributed by atoms with Crippen molar-refractivity contribution < 1.29 is 14.2 Å². The third kappa shape index (κ3) is 3.32. The first kappa shape index (κ1) is 14.3. The third-order valence-corrected chi connectivity index (χ3v) is 3.34. The van der Waals surface area contributed by atoms with Crippen molar-refractivity contribution in [2.24, 2.45) is 0 Å². The van der Waals surface area contributed by atoms with Crippen LogP contribution in [0.4, 0.5) is 4.39 Å². The van der Waals surface area contributed by atoms with Crippen LogP contribution >= 0.6 is 0 Å². The first-order valence-corrected chi connectivity index (χ1v) is 6.99. The highest BCUT2D eigenvalue weighted by Crippen LogP contribution is 2.26. The first-order chi connectivity index (χ1) is 10.7. The molecule has 0 unspecified atom stereocenters. The first-order valence-electron chi connectivity index (χ1n) is 6.99. The van der Waals surface area contributed by atoms with Crippen molar-refractivity contribution in [1.29, 1.82) is 0 Å². The molecule has 0 aliphatic heterocycles. The Labute approximate surface area is 128 Å². The van der Waals surface area contributed by atoms with E-state index in [2.05, 4.69) is 0 Å². The molecule has 3 aromatic rings. The molecule has 3 heteroatoms. The van der Waals surface area contributed by atoms with Gasteiger partial charge in [0.05, 0.1) is 0 Å². The molecule has 1 N–H and O–H groups in total. The molecule has 1 atom stereocenters. The third-order valence-electron chi connectivity index (χ3n) is 3.34. The van der Waals surface area contributed by atoms with Gasteiger partial charge in [0, 0.05) is 0 Å². The van der Waals surface area contributed by atoms with E-state index >= 15 is 0 Å². The van der Waals surface area contributed by atoms with Crippen molar-refractivity contribution in [3.63, 3.8) is 0 Å². The van der Waals surface area contributed by atoms with Gasteiger partial charge >= 0.3 is 0 Å². The minimum Gasteiger partial charge on any atom is -0.457 e. The fraction of sp³-hybridized carbons (Fsp3) is 0.0526. The molecule has 0 spiro atoms. The second-order valence-electron chi connectivity index (χ2n) is 4.94. The van der Waals surface area contributed by atoms with Gasteiger partial charge in [0.15, 0.2) is 0 Å². The molecule has 3 rings (SSSR count). The number of aliphatic hydroxyl groups excluding tert-OH is 1. The van der Waals surface area contributed by atoms with Crippen LogP contribution in [0, 0.1) is 5.82 Å². The van der Waals surface area contributed by atoms with Gasteiger partial charge in [-0.25, -0.2) is 4.39 Å². The number of hydrogen-bond acceptors (Lipinski definition) is 2. The number of hydrogen-bond donors (Lipinski definition) is 1. The lowest BCUT2D eigenvalue weighted by Crippen LogP contribution is -1.99. The molecule has 2 nitrogen and oxygen atoms in total. The minimum absolute atomic E-state index is 0.361. The maximum atomic E-state index is 13.2. The van der Waals surface area contributed by atoms with Crippen molar-refractivity contribution in [2.45, 2.75) is 6.10 Å². The van der Waals surface area contributed by atoms with E-state index in [0.717, 1.165) is 5.75 Å². The quantitative estimate of drug-likeness (QED) is 0.755. The highest BCUT2D eigenvalue weighted by Gasteiger charge is 2.11. The van der Waals surface area contributed by atoms with Gasteiger partial charge in [0.1, 0.15) is 23.4 Å². The lowest BCUT2D eigenvalue weighted by molar-refractivity contribution is 0.219. The highest BCUT2D eigenvalue weighted by molar-refractivity contribution is 5.36. The Bertz CT molecular complexity index is 739. The van der Waals surface area contributed by atoms with E-state index in [1.165, 1.54) is 12.1 Å². The predicted octanol–water partition coefficient (Wildman–Crippen LogP) is 4.70. The Morgan fingerprint density at radius 2 is 1.41 bits per heavy atom. The van der Waals surface area contributed by atoms with Gasteiger partial charge in [-0.05, 0) is 47.5 Å². The molecule has 0 fully saturated rings. The van der Waals surface area contributed by atoms with E-state index in [1.54, 1.807) is 36.4 Å². The summed E-state index contributed by atoms with van der Waals surface area (Å²) in [5.41, 5.74) is 1.21. The highest BCUT2D eigenvalue weighted by atomic mass is 19.1. The summed E-state index contributed by atoms with van der Waals surface area (Å²) >= 11 is 0. The topological polar surface area (TPSA) is 29.5 Å². The standard InChI is InChI=1S/C19H15FO2/c20-16-6-4-5-15(13-16)19(21)14-9-11-18(12-10-14)22-17-7-2-1-3-8-17/h1-13,19,21H/t19-/m1/s1. The van der Waals surface area contributed by atoms with Crippen molar-refractivity contribution >= 4 is 0 Å². The lowest BCUT2D eigenvalue weighted by Gasteiger charge is -2.12. The van der Waals surface area contributed by atoms with Crippen LogP contribution in [-0.2, 0) is 0 Å². The van der Waals surface area contributed by atoms with Crippen LogP contribution in [0.3, 0.4) is 0 Å². The van der Waals surface area contributed by atoms with Crippen LogP contribution in [-0.4, -0.2) is 5.11 Å². The SMILES string of the molecule is O[C@H](c1ccc(Oc2ccccc2)cc1)c1cccc(F)c1. The van der Waals surface area contributed by atoms with Crippen molar-refractivity contribution in [1.82, 2.24) is 0 Å². The maximum Gasteiger partial charge on any atom is 0.127 e. The molecule has 0 aliphatic carbocycles. The number of aliphatic hydroxyl groups is 1. The molecule has 0 amide bonds. The molecule has 0 radical (unpaired) electrons. The molecule has 22 heavy (non-hydrogen) atoms. The van der Waals surface area contributed by atoms with E-state index in [9.17, 15) is 9.50 Å². The summed E-state index contributed by atoms with van der Waals surface area (Å²) in [6.45, 7) is 0. The molecule has 110 valence electrons. The summed E-state index contributed by atoms with van der Waals surface area (Å²) in [4.78, 5) is 0. The molecule has 0 bridgehead atoms. The van der Waals surface area contributed by atoms with Crippen LogP contribution < -0.4 is 4.74 Å². The fourth-order valence-electron chi connectivity index (χ4n) is 2.21. The van der Waals surface area contributed by atoms with E-state index in [1.807, 2.05) is 30.3 Å². The van der Waals surface area contributed by atoms with E-state index in [-0.39, 0.29) is 5.82 Å². The molecular formula is C19H15FO2. The Hall–Kier alpha value is -2.65. The molecule has 3 aromatic carbocycles. The van der Waals surface area contributed by atoms with Crippen LogP contribution in [0.25, 0.3) is 0 Å². The van der Waals surface area contributed by atoms with Gasteiger partial charge in [-0.3, -0.25) is 0 Å². The number of para-hydroxylation sites is 1. The Morgan fingerprint density at radius 1 is 0.727 bits per heavy atom. The van der Waals surface area contributed by atoms with Gasteiger partial charge in [-0.2, -0.15) is 0 Å². The predicted molar refractivity (Wildman–Crippen MR) is 83.4 cm³/mol. The summed E-state index contributed by atoms with van der Waals surface area (Å²) in [5.74, 6) is 1.07. The number of rotatable bonds is 4. The minimum atomic E-state index is -0.860. The van der Waals surface area contributed by atoms with Crippen LogP contribution in [0.2, 0.25) is 0 Å². The summed E-state index contributed by atoms with van der Waals surface area (Å²) in [6.07, 6.45) is -0.860. The summed E-state index contributed by atoms with van der Waals surface area (Å²) in [6, 6.07) is 22.5. The molecule has 0 aromatic heterocycles. The van der Waals surface area contributed by atoms with Crippen LogP contribution in [0.1, 0.15) is 17.2 Å². The van der Waals surface area contributed by atoms with Crippen molar-refractivity contribution in [3.05, 3.63) is 95.8 Å². The zero-order valence-corrected chi connectivity index (χ0v) is 11.8. The van der Waals surface area contributed by atoms with Crippen molar-refractivity contribution in [2.75, 3.05) is 0 Å². The van der Waals surface area contributed by atoms with E-state index < -0.39 is 6.10 Å². The molecule has 0 saturated carbocycles. The Balaban J connectivity index is 1.76. The average Bonchev–Trinajstić information content (AvgIpc) is 2.56. The monoisotopic (exact) mass is 294 g/mol. The molecule has 0 heterocycles. The van der Waals surface area contributed by atoms with E-state index in [0.29, 0.717) is 16.9 Å². The number of benzene rings is 3. The number of halogens is 1. The van der Waals surface area contributed by atoms with Gasteiger partial charge < -0.3 is 9.84 Å². The summed E-state index contributed by atoms with van der Waals surface area (Å²) in [7, 11) is 0. The zero-order chi connectivity index (χ0) is 15.4.